The Kier molecular flexibility index (Phi) is 8.61. The number of amides is 1. The molecule has 3 aromatic carbocycles. The minimum Gasteiger partial charge on any atom is -0.490 e. The molecule has 0 saturated carbocycles. The van der Waals surface area contributed by atoms with Gasteiger partial charge in [0.05, 0.1) is 16.8 Å². The zero-order valence-corrected chi connectivity index (χ0v) is 20.6. The summed E-state index contributed by atoms with van der Waals surface area (Å²) in [6.07, 6.45) is 3.10. The number of ether oxygens (including phenoxy) is 1. The van der Waals surface area contributed by atoms with Crippen LogP contribution in [0.5, 0.6) is 5.75 Å². The van der Waals surface area contributed by atoms with Gasteiger partial charge in [-0.15, -0.1) is 0 Å². The fourth-order valence-electron chi connectivity index (χ4n) is 2.83. The number of sulfonamides is 1. The molecule has 170 valence electrons. The Labute approximate surface area is 207 Å². The first kappa shape index (κ1) is 24.5. The number of rotatable bonds is 10. The van der Waals surface area contributed by atoms with Crippen molar-refractivity contribution < 1.29 is 17.9 Å². The van der Waals surface area contributed by atoms with Crippen molar-refractivity contribution >= 4 is 50.4 Å². The van der Waals surface area contributed by atoms with Crippen molar-refractivity contribution in [3.63, 3.8) is 0 Å². The van der Waals surface area contributed by atoms with Gasteiger partial charge in [0.1, 0.15) is 18.9 Å². The van der Waals surface area contributed by atoms with E-state index >= 15 is 0 Å². The topological polar surface area (TPSA) is 88.1 Å². The van der Waals surface area contributed by atoms with E-state index in [2.05, 4.69) is 39.7 Å². The quantitative estimate of drug-likeness (QED) is 0.170. The molecule has 33 heavy (non-hydrogen) atoms. The predicted molar refractivity (Wildman–Crippen MR) is 138 cm³/mol. The van der Waals surface area contributed by atoms with E-state index in [1.54, 1.807) is 72.8 Å². The monoisotopic (exact) mass is 575 g/mol. The van der Waals surface area contributed by atoms with Crippen LogP contribution >= 0.6 is 22.6 Å². The van der Waals surface area contributed by atoms with Crippen molar-refractivity contribution in [2.24, 2.45) is 5.10 Å². The Morgan fingerprint density at radius 1 is 1.06 bits per heavy atom. The molecule has 0 radical (unpaired) electrons. The summed E-state index contributed by atoms with van der Waals surface area (Å²) in [5.74, 6) is 0.0624. The molecule has 0 fully saturated rings. The lowest BCUT2D eigenvalue weighted by atomic mass is 10.2. The lowest BCUT2D eigenvalue weighted by Crippen LogP contribution is -2.39. The van der Waals surface area contributed by atoms with Crippen LogP contribution in [-0.2, 0) is 14.8 Å². The van der Waals surface area contributed by atoms with Crippen LogP contribution in [0.15, 0.2) is 102 Å². The molecule has 0 atom stereocenters. The smallest absolute Gasteiger partial charge is 0.264 e. The zero-order valence-electron chi connectivity index (χ0n) is 17.6. The van der Waals surface area contributed by atoms with Crippen LogP contribution in [0.1, 0.15) is 5.56 Å². The highest BCUT2D eigenvalue weighted by molar-refractivity contribution is 14.1. The maximum atomic E-state index is 13.3. The van der Waals surface area contributed by atoms with Crippen LogP contribution in [0.2, 0.25) is 0 Å². The standard InChI is InChI=1S/C24H22IN3O4S/c1-2-15-32-22-8-6-7-19(16-22)17-26-27-24(29)18-28(21-13-11-20(25)12-14-21)33(30,31)23-9-4-3-5-10-23/h2-14,16-17H,1,15,18H2,(H,27,29)/b26-17-. The Morgan fingerprint density at radius 3 is 2.48 bits per heavy atom. The summed E-state index contributed by atoms with van der Waals surface area (Å²) >= 11 is 2.13. The van der Waals surface area contributed by atoms with Gasteiger partial charge in [-0.05, 0) is 76.7 Å². The number of carbonyl (C=O) groups excluding carboxylic acids is 1. The molecule has 3 rings (SSSR count). The number of halogens is 1. The first-order chi connectivity index (χ1) is 15.9. The molecule has 0 aliphatic rings. The molecule has 1 N–H and O–H groups in total. The summed E-state index contributed by atoms with van der Waals surface area (Å²) in [5, 5.41) is 3.96. The van der Waals surface area contributed by atoms with Gasteiger partial charge in [0.25, 0.3) is 15.9 Å². The van der Waals surface area contributed by atoms with E-state index in [0.29, 0.717) is 23.6 Å². The van der Waals surface area contributed by atoms with E-state index in [4.69, 9.17) is 4.74 Å². The molecule has 0 unspecified atom stereocenters. The SMILES string of the molecule is C=CCOc1cccc(/C=N\NC(=O)CN(c2ccc(I)cc2)S(=O)(=O)c2ccccc2)c1. The van der Waals surface area contributed by atoms with Crippen molar-refractivity contribution in [1.82, 2.24) is 5.43 Å². The van der Waals surface area contributed by atoms with E-state index < -0.39 is 22.5 Å². The molecule has 9 heteroatoms. The Morgan fingerprint density at radius 2 is 1.79 bits per heavy atom. The van der Waals surface area contributed by atoms with Crippen LogP contribution in [0.4, 0.5) is 5.69 Å². The van der Waals surface area contributed by atoms with Crippen LogP contribution < -0.4 is 14.5 Å². The molecule has 0 aliphatic carbocycles. The third-order valence-electron chi connectivity index (χ3n) is 4.36. The largest absolute Gasteiger partial charge is 0.490 e. The number of anilines is 1. The van der Waals surface area contributed by atoms with Crippen LogP contribution in [0.3, 0.4) is 0 Å². The average Bonchev–Trinajstić information content (AvgIpc) is 2.83. The maximum absolute atomic E-state index is 13.3. The predicted octanol–water partition coefficient (Wildman–Crippen LogP) is 4.20. The number of benzene rings is 3. The van der Waals surface area contributed by atoms with Gasteiger partial charge < -0.3 is 4.74 Å². The van der Waals surface area contributed by atoms with Gasteiger partial charge in [-0.2, -0.15) is 5.10 Å². The van der Waals surface area contributed by atoms with Crippen molar-refractivity contribution in [3.05, 3.63) is 101 Å². The van der Waals surface area contributed by atoms with Gasteiger partial charge in [-0.1, -0.05) is 43.0 Å². The van der Waals surface area contributed by atoms with Gasteiger partial charge in [0.2, 0.25) is 0 Å². The second-order valence-corrected chi connectivity index (χ2v) is 9.87. The van der Waals surface area contributed by atoms with Gasteiger partial charge in [0.15, 0.2) is 0 Å². The maximum Gasteiger partial charge on any atom is 0.264 e. The number of hydrogen-bond acceptors (Lipinski definition) is 5. The highest BCUT2D eigenvalue weighted by Crippen LogP contribution is 2.24. The third kappa shape index (κ3) is 6.90. The lowest BCUT2D eigenvalue weighted by molar-refractivity contribution is -0.119. The summed E-state index contributed by atoms with van der Waals surface area (Å²) in [7, 11) is -3.96. The van der Waals surface area contributed by atoms with Crippen molar-refractivity contribution in [3.8, 4) is 5.75 Å². The first-order valence-electron chi connectivity index (χ1n) is 9.89. The number of nitrogens with zero attached hydrogens (tertiary/aromatic N) is 2. The van der Waals surface area contributed by atoms with Crippen molar-refractivity contribution in [1.29, 1.82) is 0 Å². The fraction of sp³-hybridized carbons (Fsp3) is 0.0833. The summed E-state index contributed by atoms with van der Waals surface area (Å²) in [6, 6.07) is 22.0. The molecule has 0 aromatic heterocycles. The molecular formula is C24H22IN3O4S. The number of hydrazone groups is 1. The normalized spacial score (nSPS) is 11.2. The first-order valence-corrected chi connectivity index (χ1v) is 12.4. The number of nitrogens with one attached hydrogen (secondary N) is 1. The highest BCUT2D eigenvalue weighted by Gasteiger charge is 2.27. The Hall–Kier alpha value is -3.18. The van der Waals surface area contributed by atoms with Crippen molar-refractivity contribution in [2.45, 2.75) is 4.90 Å². The van der Waals surface area contributed by atoms with Crippen LogP contribution in [-0.4, -0.2) is 33.7 Å². The van der Waals surface area contributed by atoms with Crippen LogP contribution in [0.25, 0.3) is 0 Å². The molecule has 1 amide bonds. The molecule has 7 nitrogen and oxygen atoms in total. The molecule has 0 bridgehead atoms. The molecule has 0 aliphatic heterocycles. The highest BCUT2D eigenvalue weighted by atomic mass is 127. The van der Waals surface area contributed by atoms with E-state index in [-0.39, 0.29) is 4.90 Å². The average molecular weight is 575 g/mol. The number of hydrogen-bond donors (Lipinski definition) is 1. The molecular weight excluding hydrogens is 553 g/mol. The van der Waals surface area contributed by atoms with Gasteiger partial charge in [-0.25, -0.2) is 13.8 Å². The zero-order chi connectivity index (χ0) is 23.7. The lowest BCUT2D eigenvalue weighted by Gasteiger charge is -2.23. The molecule has 0 spiro atoms. The molecule has 0 saturated heterocycles. The second-order valence-electron chi connectivity index (χ2n) is 6.77. The van der Waals surface area contributed by atoms with Crippen LogP contribution in [0, 0.1) is 3.57 Å². The van der Waals surface area contributed by atoms with Gasteiger partial charge >= 0.3 is 0 Å². The Bertz CT molecular complexity index is 1230. The third-order valence-corrected chi connectivity index (χ3v) is 6.87. The minimum absolute atomic E-state index is 0.0937. The van der Waals surface area contributed by atoms with E-state index in [1.165, 1.54) is 18.3 Å². The summed E-state index contributed by atoms with van der Waals surface area (Å²) in [5.41, 5.74) is 3.49. The Balaban J connectivity index is 1.76. The summed E-state index contributed by atoms with van der Waals surface area (Å²) in [4.78, 5) is 12.7. The summed E-state index contributed by atoms with van der Waals surface area (Å²) < 4.78 is 34.0. The molecule has 3 aromatic rings. The van der Waals surface area contributed by atoms with Crippen molar-refractivity contribution in [2.75, 3.05) is 17.5 Å². The van der Waals surface area contributed by atoms with E-state index in [1.807, 2.05) is 0 Å². The van der Waals surface area contributed by atoms with E-state index in [9.17, 15) is 13.2 Å². The minimum atomic E-state index is -3.96. The van der Waals surface area contributed by atoms with Gasteiger partial charge in [-0.3, -0.25) is 9.10 Å². The second kappa shape index (κ2) is 11.6. The molecule has 0 heterocycles. The fourth-order valence-corrected chi connectivity index (χ4v) is 4.63. The van der Waals surface area contributed by atoms with E-state index in [0.717, 1.165) is 7.88 Å². The summed E-state index contributed by atoms with van der Waals surface area (Å²) in [6.45, 7) is 3.55. The number of carbonyl (C=O) groups is 1. The van der Waals surface area contributed by atoms with Gasteiger partial charge in [0, 0.05) is 3.57 Å².